The summed E-state index contributed by atoms with van der Waals surface area (Å²) in [6.07, 6.45) is 0. The van der Waals surface area contributed by atoms with E-state index in [2.05, 4.69) is 4.98 Å². The highest BCUT2D eigenvalue weighted by Crippen LogP contribution is 2.21. The second-order valence-electron chi connectivity index (χ2n) is 3.99. The molecule has 0 aliphatic rings. The molecule has 1 aromatic carbocycles. The van der Waals surface area contributed by atoms with E-state index < -0.39 is 0 Å². The van der Waals surface area contributed by atoms with Crippen molar-refractivity contribution >= 4 is 17.2 Å². The molecule has 1 aromatic heterocycles. The molecule has 0 bridgehead atoms. The van der Waals surface area contributed by atoms with Gasteiger partial charge in [0, 0.05) is 0 Å². The number of ether oxygens (including phenoxy) is 1. The van der Waals surface area contributed by atoms with Crippen molar-refractivity contribution in [1.29, 1.82) is 5.41 Å². The van der Waals surface area contributed by atoms with Crippen molar-refractivity contribution in [3.63, 3.8) is 0 Å². The summed E-state index contributed by atoms with van der Waals surface area (Å²) >= 11 is 1.41. The molecule has 3 N–H and O–H groups in total. The number of nitrogen functional groups attached to an aromatic ring is 1. The predicted octanol–water partition coefficient (Wildman–Crippen LogP) is 2.62. The van der Waals surface area contributed by atoms with E-state index in [-0.39, 0.29) is 5.84 Å². The first-order valence-electron chi connectivity index (χ1n) is 5.57. The number of hydrogen-bond acceptors (Lipinski definition) is 4. The van der Waals surface area contributed by atoms with Gasteiger partial charge in [-0.1, -0.05) is 18.2 Å². The fourth-order valence-corrected chi connectivity index (χ4v) is 2.46. The standard InChI is InChI=1S/C13H15N3OS/c1-8-5-3-4-6-10(8)17-7-11-16-9(2)12(18-11)13(14)15/h3-6H,7H2,1-2H3,(H3,14,15). The molecular weight excluding hydrogens is 246 g/mol. The second kappa shape index (κ2) is 5.18. The topological polar surface area (TPSA) is 72.0 Å². The van der Waals surface area contributed by atoms with Crippen LogP contribution in [0.3, 0.4) is 0 Å². The third kappa shape index (κ3) is 2.68. The van der Waals surface area contributed by atoms with Gasteiger partial charge in [0.25, 0.3) is 0 Å². The number of rotatable bonds is 4. The number of nitrogens with two attached hydrogens (primary N) is 1. The van der Waals surface area contributed by atoms with Crippen LogP contribution < -0.4 is 10.5 Å². The molecule has 0 unspecified atom stereocenters. The molecule has 0 fully saturated rings. The van der Waals surface area contributed by atoms with Gasteiger partial charge in [-0.05, 0) is 25.5 Å². The average Bonchev–Trinajstić information content (AvgIpc) is 2.70. The predicted molar refractivity (Wildman–Crippen MR) is 73.4 cm³/mol. The zero-order valence-corrected chi connectivity index (χ0v) is 11.2. The first-order chi connectivity index (χ1) is 8.58. The SMILES string of the molecule is Cc1ccccc1OCc1nc(C)c(C(=N)N)s1. The van der Waals surface area contributed by atoms with Gasteiger partial charge in [0.15, 0.2) is 0 Å². The average molecular weight is 261 g/mol. The molecule has 0 spiro atoms. The Morgan fingerprint density at radius 2 is 2.11 bits per heavy atom. The highest BCUT2D eigenvalue weighted by atomic mass is 32.1. The lowest BCUT2D eigenvalue weighted by Gasteiger charge is -2.06. The molecule has 0 amide bonds. The second-order valence-corrected chi connectivity index (χ2v) is 5.07. The molecule has 94 valence electrons. The molecule has 18 heavy (non-hydrogen) atoms. The summed E-state index contributed by atoms with van der Waals surface area (Å²) in [6.45, 7) is 4.26. The van der Waals surface area contributed by atoms with E-state index in [1.807, 2.05) is 38.1 Å². The largest absolute Gasteiger partial charge is 0.486 e. The van der Waals surface area contributed by atoms with E-state index >= 15 is 0 Å². The van der Waals surface area contributed by atoms with Crippen LogP contribution in [-0.4, -0.2) is 10.8 Å². The van der Waals surface area contributed by atoms with Crippen LogP contribution in [0.25, 0.3) is 0 Å². The van der Waals surface area contributed by atoms with Crippen LogP contribution in [0.2, 0.25) is 0 Å². The molecule has 1 heterocycles. The number of benzene rings is 1. The van der Waals surface area contributed by atoms with Gasteiger partial charge >= 0.3 is 0 Å². The number of para-hydroxylation sites is 1. The molecule has 0 aliphatic heterocycles. The maximum Gasteiger partial charge on any atom is 0.140 e. The number of nitrogens with one attached hydrogen (secondary N) is 1. The Labute approximate surface area is 110 Å². The minimum absolute atomic E-state index is 0.0622. The van der Waals surface area contributed by atoms with Crippen molar-refractivity contribution in [2.24, 2.45) is 5.73 Å². The van der Waals surface area contributed by atoms with E-state index in [1.54, 1.807) is 0 Å². The summed E-state index contributed by atoms with van der Waals surface area (Å²) in [5.74, 6) is 0.918. The number of aryl methyl sites for hydroxylation is 2. The van der Waals surface area contributed by atoms with Gasteiger partial charge in [-0.25, -0.2) is 4.98 Å². The Morgan fingerprint density at radius 3 is 2.72 bits per heavy atom. The number of nitrogens with zero attached hydrogens (tertiary/aromatic N) is 1. The van der Waals surface area contributed by atoms with Gasteiger partial charge in [0.1, 0.15) is 23.2 Å². The number of amidine groups is 1. The van der Waals surface area contributed by atoms with Gasteiger partial charge in [0.2, 0.25) is 0 Å². The lowest BCUT2D eigenvalue weighted by Crippen LogP contribution is -2.10. The first kappa shape index (κ1) is 12.6. The summed E-state index contributed by atoms with van der Waals surface area (Å²) in [5, 5.41) is 8.26. The van der Waals surface area contributed by atoms with Crippen LogP contribution >= 0.6 is 11.3 Å². The molecule has 0 aliphatic carbocycles. The molecule has 0 radical (unpaired) electrons. The van der Waals surface area contributed by atoms with E-state index in [9.17, 15) is 0 Å². The molecule has 2 aromatic rings. The van der Waals surface area contributed by atoms with Crippen molar-refractivity contribution in [1.82, 2.24) is 4.98 Å². The summed E-state index contributed by atoms with van der Waals surface area (Å²) < 4.78 is 5.71. The van der Waals surface area contributed by atoms with Crippen LogP contribution in [0.15, 0.2) is 24.3 Å². The quantitative estimate of drug-likeness (QED) is 0.656. The number of aromatic nitrogens is 1. The van der Waals surface area contributed by atoms with Gasteiger partial charge < -0.3 is 10.5 Å². The zero-order valence-electron chi connectivity index (χ0n) is 10.4. The molecule has 0 atom stereocenters. The van der Waals surface area contributed by atoms with Gasteiger partial charge in [0.05, 0.1) is 10.6 Å². The minimum Gasteiger partial charge on any atom is -0.486 e. The Hall–Kier alpha value is -1.88. The summed E-state index contributed by atoms with van der Waals surface area (Å²) in [4.78, 5) is 5.07. The van der Waals surface area contributed by atoms with Gasteiger partial charge in [-0.3, -0.25) is 5.41 Å². The number of hydrogen-bond donors (Lipinski definition) is 2. The lowest BCUT2D eigenvalue weighted by atomic mass is 10.2. The maximum atomic E-state index is 7.43. The van der Waals surface area contributed by atoms with E-state index in [0.29, 0.717) is 6.61 Å². The Bertz CT molecular complexity index is 577. The molecule has 0 saturated carbocycles. The fourth-order valence-electron chi connectivity index (χ4n) is 1.62. The van der Waals surface area contributed by atoms with Crippen LogP contribution in [-0.2, 0) is 6.61 Å². The van der Waals surface area contributed by atoms with E-state index in [1.165, 1.54) is 11.3 Å². The Balaban J connectivity index is 2.09. The molecular formula is C13H15N3OS. The third-order valence-corrected chi connectivity index (χ3v) is 3.69. The molecule has 4 nitrogen and oxygen atoms in total. The normalized spacial score (nSPS) is 10.3. The van der Waals surface area contributed by atoms with Gasteiger partial charge in [-0.15, -0.1) is 11.3 Å². The highest BCUT2D eigenvalue weighted by Gasteiger charge is 2.10. The Morgan fingerprint density at radius 1 is 1.39 bits per heavy atom. The van der Waals surface area contributed by atoms with Crippen LogP contribution in [0, 0.1) is 19.3 Å². The summed E-state index contributed by atoms with van der Waals surface area (Å²) in [7, 11) is 0. The van der Waals surface area contributed by atoms with Crippen molar-refractivity contribution in [3.8, 4) is 5.75 Å². The monoisotopic (exact) mass is 261 g/mol. The highest BCUT2D eigenvalue weighted by molar-refractivity contribution is 7.13. The summed E-state index contributed by atoms with van der Waals surface area (Å²) in [5.41, 5.74) is 7.36. The Kier molecular flexibility index (Phi) is 3.62. The lowest BCUT2D eigenvalue weighted by molar-refractivity contribution is 0.303. The van der Waals surface area contributed by atoms with Gasteiger partial charge in [-0.2, -0.15) is 0 Å². The van der Waals surface area contributed by atoms with Crippen molar-refractivity contribution in [3.05, 3.63) is 45.4 Å². The van der Waals surface area contributed by atoms with Crippen LogP contribution in [0.5, 0.6) is 5.75 Å². The number of thiazole rings is 1. The maximum absolute atomic E-state index is 7.43. The smallest absolute Gasteiger partial charge is 0.140 e. The van der Waals surface area contributed by atoms with Crippen molar-refractivity contribution in [2.45, 2.75) is 20.5 Å². The first-order valence-corrected chi connectivity index (χ1v) is 6.38. The minimum atomic E-state index is 0.0622. The van der Waals surface area contributed by atoms with Crippen LogP contribution in [0.4, 0.5) is 0 Å². The van der Waals surface area contributed by atoms with Crippen LogP contribution in [0.1, 0.15) is 21.1 Å². The fraction of sp³-hybridized carbons (Fsp3) is 0.231. The van der Waals surface area contributed by atoms with E-state index in [4.69, 9.17) is 15.9 Å². The van der Waals surface area contributed by atoms with Crippen molar-refractivity contribution < 1.29 is 4.74 Å². The molecule has 5 heteroatoms. The summed E-state index contributed by atoms with van der Waals surface area (Å²) in [6, 6.07) is 7.85. The molecule has 0 saturated heterocycles. The van der Waals surface area contributed by atoms with E-state index in [0.717, 1.165) is 26.9 Å². The zero-order chi connectivity index (χ0) is 13.1. The molecule has 2 rings (SSSR count). The third-order valence-electron chi connectivity index (χ3n) is 2.53. The van der Waals surface area contributed by atoms with Crippen molar-refractivity contribution in [2.75, 3.05) is 0 Å².